The molecule has 0 bridgehead atoms. The van der Waals surface area contributed by atoms with Crippen molar-refractivity contribution in [2.45, 2.75) is 19.9 Å². The predicted molar refractivity (Wildman–Crippen MR) is 122 cm³/mol. The highest BCUT2D eigenvalue weighted by atomic mass is 35.5. The number of ether oxygens (including phenoxy) is 2. The molecule has 0 aliphatic rings. The van der Waals surface area contributed by atoms with E-state index in [4.69, 9.17) is 26.8 Å². The molecule has 0 amide bonds. The van der Waals surface area contributed by atoms with E-state index in [-0.39, 0.29) is 24.6 Å². The Bertz CT molecular complexity index is 1300. The fraction of sp³-hybridized carbons (Fsp3) is 0.217. The minimum atomic E-state index is -0.549. The highest BCUT2D eigenvalue weighted by Gasteiger charge is 2.24. The van der Waals surface area contributed by atoms with E-state index >= 15 is 0 Å². The first kappa shape index (κ1) is 21.6. The smallest absolute Gasteiger partial charge is 0.344 e. The second-order valence-electron chi connectivity index (χ2n) is 7.01. The summed E-state index contributed by atoms with van der Waals surface area (Å²) >= 11 is 5.84. The molecule has 0 aliphatic carbocycles. The number of nitrogens with two attached hydrogens (primary N) is 1. The number of hydrogen-bond acceptors (Lipinski definition) is 7. The van der Waals surface area contributed by atoms with Gasteiger partial charge in [-0.05, 0) is 49.7 Å². The maximum Gasteiger partial charge on any atom is 0.344 e. The normalized spacial score (nSPS) is 11.1. The van der Waals surface area contributed by atoms with E-state index in [2.05, 4.69) is 9.97 Å². The molecule has 0 atom stereocenters. The van der Waals surface area contributed by atoms with Gasteiger partial charge in [-0.15, -0.1) is 0 Å². The van der Waals surface area contributed by atoms with E-state index < -0.39 is 11.9 Å². The fourth-order valence-corrected chi connectivity index (χ4v) is 3.53. The van der Waals surface area contributed by atoms with Crippen molar-refractivity contribution in [1.29, 1.82) is 0 Å². The van der Waals surface area contributed by atoms with E-state index in [1.165, 1.54) is 0 Å². The number of rotatable bonds is 7. The van der Waals surface area contributed by atoms with Crippen LogP contribution in [0.5, 0.6) is 0 Å². The van der Waals surface area contributed by atoms with Gasteiger partial charge in [-0.1, -0.05) is 23.7 Å². The zero-order valence-corrected chi connectivity index (χ0v) is 18.1. The SMILES string of the molecule is CCOC(=O)c1c(N)n(CCCOC(=O)c2ccc(Cl)cc2)c2nc3ccccc3nc12. The molecule has 32 heavy (non-hydrogen) atoms. The number of nitrogen functional groups attached to an aromatic ring is 1. The van der Waals surface area contributed by atoms with Gasteiger partial charge < -0.3 is 19.8 Å². The first-order valence-corrected chi connectivity index (χ1v) is 10.5. The topological polar surface area (TPSA) is 109 Å². The molecular weight excluding hydrogens is 432 g/mol. The van der Waals surface area contributed by atoms with Gasteiger partial charge in [0.1, 0.15) is 16.9 Å². The van der Waals surface area contributed by atoms with Crippen LogP contribution in [0.3, 0.4) is 0 Å². The van der Waals surface area contributed by atoms with Crippen LogP contribution in [-0.4, -0.2) is 39.7 Å². The average Bonchev–Trinajstić information content (AvgIpc) is 3.06. The van der Waals surface area contributed by atoms with Crippen LogP contribution < -0.4 is 5.73 Å². The zero-order chi connectivity index (χ0) is 22.7. The third-order valence-corrected chi connectivity index (χ3v) is 5.16. The van der Waals surface area contributed by atoms with Gasteiger partial charge in [-0.2, -0.15) is 0 Å². The molecule has 2 N–H and O–H groups in total. The molecular formula is C23H21ClN4O4. The lowest BCUT2D eigenvalue weighted by atomic mass is 10.2. The van der Waals surface area contributed by atoms with Gasteiger partial charge in [-0.25, -0.2) is 19.6 Å². The molecule has 164 valence electrons. The van der Waals surface area contributed by atoms with Crippen molar-refractivity contribution < 1.29 is 19.1 Å². The van der Waals surface area contributed by atoms with Crippen LogP contribution >= 0.6 is 11.6 Å². The Balaban J connectivity index is 1.58. The summed E-state index contributed by atoms with van der Waals surface area (Å²) in [7, 11) is 0. The second-order valence-corrected chi connectivity index (χ2v) is 7.45. The van der Waals surface area contributed by atoms with Crippen molar-refractivity contribution in [3.63, 3.8) is 0 Å². The van der Waals surface area contributed by atoms with Crippen LogP contribution in [0.4, 0.5) is 5.82 Å². The van der Waals surface area contributed by atoms with Crippen molar-refractivity contribution in [2.75, 3.05) is 18.9 Å². The Kier molecular flexibility index (Phi) is 6.23. The molecule has 4 aromatic rings. The van der Waals surface area contributed by atoms with Crippen LogP contribution in [0.15, 0.2) is 48.5 Å². The number of carbonyl (C=O) groups excluding carboxylic acids is 2. The number of benzene rings is 2. The summed E-state index contributed by atoms with van der Waals surface area (Å²) in [4.78, 5) is 34.0. The molecule has 0 aliphatic heterocycles. The van der Waals surface area contributed by atoms with Crippen molar-refractivity contribution in [1.82, 2.24) is 14.5 Å². The summed E-state index contributed by atoms with van der Waals surface area (Å²) in [6, 6.07) is 13.8. The molecule has 2 heterocycles. The zero-order valence-electron chi connectivity index (χ0n) is 17.4. The minimum Gasteiger partial charge on any atom is -0.462 e. The quantitative estimate of drug-likeness (QED) is 0.330. The molecule has 0 spiro atoms. The molecule has 9 heteroatoms. The molecule has 4 rings (SSSR count). The maximum absolute atomic E-state index is 12.6. The Morgan fingerprint density at radius 3 is 2.38 bits per heavy atom. The summed E-state index contributed by atoms with van der Waals surface area (Å²) in [5.41, 5.74) is 9.13. The summed E-state index contributed by atoms with van der Waals surface area (Å²) in [5, 5.41) is 0.544. The Morgan fingerprint density at radius 1 is 1.00 bits per heavy atom. The number of esters is 2. The van der Waals surface area contributed by atoms with Gasteiger partial charge in [0.25, 0.3) is 0 Å². The number of aryl methyl sites for hydroxylation is 1. The predicted octanol–water partition coefficient (Wildman–Crippen LogP) is 4.24. The van der Waals surface area contributed by atoms with Crippen molar-refractivity contribution in [3.05, 3.63) is 64.7 Å². The standard InChI is InChI=1S/C23H21ClN4O4/c1-2-31-23(30)18-19-21(27-17-7-4-3-6-16(17)26-19)28(20(18)25)12-5-13-32-22(29)14-8-10-15(24)11-9-14/h3-4,6-11H,2,5,12-13,25H2,1H3. The van der Waals surface area contributed by atoms with Crippen molar-refractivity contribution >= 4 is 51.6 Å². The summed E-state index contributed by atoms with van der Waals surface area (Å²) in [5.74, 6) is -0.768. The number of anilines is 1. The van der Waals surface area contributed by atoms with E-state index in [1.807, 2.05) is 24.3 Å². The summed E-state index contributed by atoms with van der Waals surface area (Å²) in [6.45, 7) is 2.48. The van der Waals surface area contributed by atoms with Crippen LogP contribution in [0.2, 0.25) is 5.02 Å². The van der Waals surface area contributed by atoms with Gasteiger partial charge in [-0.3, -0.25) is 0 Å². The number of carbonyl (C=O) groups is 2. The van der Waals surface area contributed by atoms with E-state index in [1.54, 1.807) is 35.8 Å². The van der Waals surface area contributed by atoms with Gasteiger partial charge in [0, 0.05) is 11.6 Å². The van der Waals surface area contributed by atoms with Gasteiger partial charge in [0.15, 0.2) is 5.65 Å². The van der Waals surface area contributed by atoms with Crippen LogP contribution in [0.25, 0.3) is 22.2 Å². The first-order valence-electron chi connectivity index (χ1n) is 10.1. The fourth-order valence-electron chi connectivity index (χ4n) is 3.40. The number of para-hydroxylation sites is 2. The molecule has 0 radical (unpaired) electrons. The Morgan fingerprint density at radius 2 is 1.69 bits per heavy atom. The highest BCUT2D eigenvalue weighted by Crippen LogP contribution is 2.28. The average molecular weight is 453 g/mol. The van der Waals surface area contributed by atoms with Crippen molar-refractivity contribution in [3.8, 4) is 0 Å². The first-order chi connectivity index (χ1) is 15.5. The lowest BCUT2D eigenvalue weighted by Crippen LogP contribution is -2.12. The molecule has 0 saturated carbocycles. The number of nitrogens with zero attached hydrogens (tertiary/aromatic N) is 3. The van der Waals surface area contributed by atoms with Crippen molar-refractivity contribution in [2.24, 2.45) is 0 Å². The van der Waals surface area contributed by atoms with Gasteiger partial charge in [0.2, 0.25) is 0 Å². The van der Waals surface area contributed by atoms with Gasteiger partial charge in [0.05, 0.1) is 29.8 Å². The van der Waals surface area contributed by atoms with E-state index in [0.717, 1.165) is 0 Å². The lowest BCUT2D eigenvalue weighted by Gasteiger charge is -2.09. The monoisotopic (exact) mass is 452 g/mol. The number of hydrogen-bond donors (Lipinski definition) is 1. The van der Waals surface area contributed by atoms with Gasteiger partial charge >= 0.3 is 11.9 Å². The van der Waals surface area contributed by atoms with Crippen LogP contribution in [-0.2, 0) is 16.0 Å². The molecule has 2 aromatic heterocycles. The molecule has 2 aromatic carbocycles. The van der Waals surface area contributed by atoms with E-state index in [9.17, 15) is 9.59 Å². The Hall–Kier alpha value is -3.65. The third-order valence-electron chi connectivity index (χ3n) is 4.91. The Labute approximate surface area is 188 Å². The van der Waals surface area contributed by atoms with Crippen LogP contribution in [0.1, 0.15) is 34.1 Å². The molecule has 0 unspecified atom stereocenters. The van der Waals surface area contributed by atoms with Crippen LogP contribution in [0, 0.1) is 0 Å². The maximum atomic E-state index is 12.6. The largest absolute Gasteiger partial charge is 0.462 e. The minimum absolute atomic E-state index is 0.163. The molecule has 0 saturated heterocycles. The number of aromatic nitrogens is 3. The highest BCUT2D eigenvalue weighted by molar-refractivity contribution is 6.30. The number of fused-ring (bicyclic) bond motifs is 2. The summed E-state index contributed by atoms with van der Waals surface area (Å²) in [6.07, 6.45) is 0.462. The number of halogens is 1. The molecule has 8 nitrogen and oxygen atoms in total. The lowest BCUT2D eigenvalue weighted by molar-refractivity contribution is 0.0495. The molecule has 0 fully saturated rings. The summed E-state index contributed by atoms with van der Waals surface area (Å²) < 4.78 is 12.2. The second kappa shape index (κ2) is 9.23. The third kappa shape index (κ3) is 4.22. The van der Waals surface area contributed by atoms with E-state index in [0.29, 0.717) is 45.7 Å².